The largest absolute Gasteiger partial charge is 0.416 e. The van der Waals surface area contributed by atoms with Crippen molar-refractivity contribution in [3.63, 3.8) is 0 Å². The lowest BCUT2D eigenvalue weighted by Crippen LogP contribution is -2.31. The van der Waals surface area contributed by atoms with Crippen LogP contribution in [0.4, 0.5) is 18.3 Å². The molecular formula is C21H20F3N5S. The van der Waals surface area contributed by atoms with E-state index in [1.807, 2.05) is 24.3 Å². The summed E-state index contributed by atoms with van der Waals surface area (Å²) >= 11 is 1.39. The van der Waals surface area contributed by atoms with E-state index in [2.05, 4.69) is 20.5 Å². The first-order chi connectivity index (χ1) is 14.4. The molecule has 1 aliphatic rings. The van der Waals surface area contributed by atoms with Crippen LogP contribution in [0.1, 0.15) is 12.8 Å². The van der Waals surface area contributed by atoms with Crippen molar-refractivity contribution in [1.82, 2.24) is 15.2 Å². The molecule has 0 saturated heterocycles. The Morgan fingerprint density at radius 1 is 1.20 bits per heavy atom. The van der Waals surface area contributed by atoms with Crippen molar-refractivity contribution < 1.29 is 13.2 Å². The Balaban J connectivity index is 1.45. The third-order valence-corrected chi connectivity index (χ3v) is 5.89. The molecule has 0 bridgehead atoms. The van der Waals surface area contributed by atoms with E-state index in [4.69, 9.17) is 5.73 Å². The molecule has 2 atom stereocenters. The molecule has 5 nitrogen and oxygen atoms in total. The van der Waals surface area contributed by atoms with Crippen molar-refractivity contribution in [3.8, 4) is 10.6 Å². The van der Waals surface area contributed by atoms with Gasteiger partial charge in [0, 0.05) is 35.9 Å². The molecule has 2 aromatic heterocycles. The van der Waals surface area contributed by atoms with Crippen LogP contribution < -0.4 is 11.1 Å². The van der Waals surface area contributed by atoms with E-state index in [1.165, 1.54) is 17.4 Å². The molecule has 4 rings (SSSR count). The molecule has 3 aromatic rings. The second kappa shape index (κ2) is 8.53. The van der Waals surface area contributed by atoms with E-state index >= 15 is 0 Å². The summed E-state index contributed by atoms with van der Waals surface area (Å²) in [6.07, 6.45) is 4.26. The second-order valence-electron chi connectivity index (χ2n) is 7.18. The van der Waals surface area contributed by atoms with Crippen LogP contribution in [-0.2, 0) is 0 Å². The van der Waals surface area contributed by atoms with Crippen LogP contribution in [0.2, 0.25) is 0 Å². The number of fused-ring (bicyclic) bond motifs is 1. The molecule has 3 N–H and O–H groups in total. The Labute approximate surface area is 175 Å². The number of pyridine rings is 1. The zero-order valence-electron chi connectivity index (χ0n) is 15.9. The molecule has 0 amide bonds. The first kappa shape index (κ1) is 20.5. The van der Waals surface area contributed by atoms with Gasteiger partial charge in [0.15, 0.2) is 0 Å². The molecule has 9 heteroatoms. The van der Waals surface area contributed by atoms with Gasteiger partial charge in [-0.15, -0.1) is 10.2 Å². The molecule has 2 heterocycles. The zero-order chi connectivity index (χ0) is 21.1. The van der Waals surface area contributed by atoms with Gasteiger partial charge in [0.2, 0.25) is 5.13 Å². The van der Waals surface area contributed by atoms with Gasteiger partial charge in [0.25, 0.3) is 0 Å². The normalized spacial score (nSPS) is 17.7. The molecule has 1 aliphatic carbocycles. The SMILES string of the molecule is NC[C@@H](C[C@H]1C=C(C(F)(F)F)C=CC1)Nc1nnc(-c2ccc3cnccc3c2)s1. The van der Waals surface area contributed by atoms with E-state index in [9.17, 15) is 13.2 Å². The number of aromatic nitrogens is 3. The van der Waals surface area contributed by atoms with E-state index in [-0.39, 0.29) is 18.5 Å². The van der Waals surface area contributed by atoms with Gasteiger partial charge in [-0.25, -0.2) is 0 Å². The third-order valence-electron chi connectivity index (χ3n) is 4.99. The van der Waals surface area contributed by atoms with Gasteiger partial charge in [-0.05, 0) is 36.3 Å². The number of hydrogen-bond donors (Lipinski definition) is 2. The summed E-state index contributed by atoms with van der Waals surface area (Å²) in [7, 11) is 0. The number of anilines is 1. The highest BCUT2D eigenvalue weighted by Crippen LogP contribution is 2.33. The lowest BCUT2D eigenvalue weighted by atomic mass is 9.90. The Morgan fingerprint density at radius 2 is 2.07 bits per heavy atom. The molecule has 0 saturated carbocycles. The first-order valence-corrected chi connectivity index (χ1v) is 10.3. The number of allylic oxidation sites excluding steroid dienone is 4. The first-order valence-electron chi connectivity index (χ1n) is 9.52. The van der Waals surface area contributed by atoms with Crippen LogP contribution in [0.25, 0.3) is 21.3 Å². The Morgan fingerprint density at radius 3 is 2.87 bits per heavy atom. The number of nitrogens with one attached hydrogen (secondary N) is 1. The number of nitrogens with zero attached hydrogens (tertiary/aromatic N) is 3. The summed E-state index contributed by atoms with van der Waals surface area (Å²) in [4.78, 5) is 4.11. The van der Waals surface area contributed by atoms with Crippen LogP contribution in [0, 0.1) is 5.92 Å². The van der Waals surface area contributed by atoms with Gasteiger partial charge in [-0.1, -0.05) is 41.7 Å². The average Bonchev–Trinajstić information content (AvgIpc) is 3.21. The van der Waals surface area contributed by atoms with Gasteiger partial charge in [0.1, 0.15) is 5.01 Å². The van der Waals surface area contributed by atoms with Crippen molar-refractivity contribution in [2.24, 2.45) is 11.7 Å². The van der Waals surface area contributed by atoms with Crippen molar-refractivity contribution in [3.05, 3.63) is 60.5 Å². The molecule has 0 unspecified atom stereocenters. The fraction of sp³-hybridized carbons (Fsp3) is 0.286. The molecule has 0 radical (unpaired) electrons. The summed E-state index contributed by atoms with van der Waals surface area (Å²) in [6.45, 7) is 0.285. The van der Waals surface area contributed by atoms with Crippen molar-refractivity contribution in [2.45, 2.75) is 25.1 Å². The zero-order valence-corrected chi connectivity index (χ0v) is 16.7. The van der Waals surface area contributed by atoms with Crippen LogP contribution in [0.15, 0.2) is 60.5 Å². The lowest BCUT2D eigenvalue weighted by Gasteiger charge is -2.23. The number of rotatable bonds is 6. The van der Waals surface area contributed by atoms with Crippen molar-refractivity contribution in [2.75, 3.05) is 11.9 Å². The quantitative estimate of drug-likeness (QED) is 0.578. The predicted molar refractivity (Wildman–Crippen MR) is 113 cm³/mol. The van der Waals surface area contributed by atoms with Crippen molar-refractivity contribution >= 4 is 27.2 Å². The molecular weight excluding hydrogens is 411 g/mol. The van der Waals surface area contributed by atoms with Crippen LogP contribution in [0.5, 0.6) is 0 Å². The molecule has 0 spiro atoms. The van der Waals surface area contributed by atoms with Crippen LogP contribution >= 0.6 is 11.3 Å². The second-order valence-corrected chi connectivity index (χ2v) is 8.16. The third kappa shape index (κ3) is 4.68. The number of nitrogens with two attached hydrogens (primary N) is 1. The van der Waals surface area contributed by atoms with Gasteiger partial charge in [-0.3, -0.25) is 4.98 Å². The van der Waals surface area contributed by atoms with E-state index in [0.717, 1.165) is 27.4 Å². The minimum Gasteiger partial charge on any atom is -0.356 e. The Hall–Kier alpha value is -2.78. The summed E-state index contributed by atoms with van der Waals surface area (Å²) in [5, 5.41) is 15.1. The van der Waals surface area contributed by atoms with Gasteiger partial charge in [0.05, 0.1) is 5.57 Å². The summed E-state index contributed by atoms with van der Waals surface area (Å²) in [5.74, 6) is -0.228. The van der Waals surface area contributed by atoms with Gasteiger partial charge < -0.3 is 11.1 Å². The number of halogens is 3. The average molecular weight is 431 g/mol. The number of benzene rings is 1. The lowest BCUT2D eigenvalue weighted by molar-refractivity contribution is -0.0889. The smallest absolute Gasteiger partial charge is 0.356 e. The van der Waals surface area contributed by atoms with Gasteiger partial charge >= 0.3 is 6.18 Å². The summed E-state index contributed by atoms with van der Waals surface area (Å²) < 4.78 is 38.9. The molecule has 1 aromatic carbocycles. The fourth-order valence-electron chi connectivity index (χ4n) is 3.47. The molecule has 0 fully saturated rings. The molecule has 156 valence electrons. The number of alkyl halides is 3. The maximum absolute atomic E-state index is 13.0. The Kier molecular flexibility index (Phi) is 5.83. The minimum absolute atomic E-state index is 0.198. The predicted octanol–water partition coefficient (Wildman–Crippen LogP) is 4.95. The van der Waals surface area contributed by atoms with Gasteiger partial charge in [-0.2, -0.15) is 13.2 Å². The standard InChI is InChI=1S/C21H20F3N5S/c22-21(23,24)17-3-1-2-13(8-17)9-18(11-25)27-20-29-28-19(30-20)15-4-5-16-12-26-7-6-14(16)10-15/h1,3-8,10,12-13,18H,2,9,11,25H2,(H,27,29)/t13-,18-/m1/s1. The van der Waals surface area contributed by atoms with E-state index in [0.29, 0.717) is 18.0 Å². The maximum Gasteiger partial charge on any atom is 0.416 e. The number of hydrogen-bond acceptors (Lipinski definition) is 6. The van der Waals surface area contributed by atoms with Crippen molar-refractivity contribution in [1.29, 1.82) is 0 Å². The van der Waals surface area contributed by atoms with Crippen LogP contribution in [0.3, 0.4) is 0 Å². The summed E-state index contributed by atoms with van der Waals surface area (Å²) in [5.41, 5.74) is 6.21. The van der Waals surface area contributed by atoms with E-state index in [1.54, 1.807) is 18.5 Å². The minimum atomic E-state index is -4.33. The highest BCUT2D eigenvalue weighted by molar-refractivity contribution is 7.18. The molecule has 30 heavy (non-hydrogen) atoms. The highest BCUT2D eigenvalue weighted by Gasteiger charge is 2.33. The van der Waals surface area contributed by atoms with E-state index < -0.39 is 11.7 Å². The van der Waals surface area contributed by atoms with Crippen LogP contribution in [-0.4, -0.2) is 33.9 Å². The maximum atomic E-state index is 13.0. The topological polar surface area (TPSA) is 76.7 Å². The fourth-order valence-corrected chi connectivity index (χ4v) is 4.29. The monoisotopic (exact) mass is 431 g/mol. The molecule has 0 aliphatic heterocycles. The Bertz CT molecular complexity index is 1090. The highest BCUT2D eigenvalue weighted by atomic mass is 32.1. The summed E-state index contributed by atoms with van der Waals surface area (Å²) in [6, 6.07) is 7.71.